The Bertz CT molecular complexity index is 81.3. The van der Waals surface area contributed by atoms with E-state index in [1.54, 1.807) is 11.9 Å². The fourth-order valence-electron chi connectivity index (χ4n) is 1.02. The Labute approximate surface area is 69.1 Å². The molecule has 0 spiro atoms. The van der Waals surface area contributed by atoms with Crippen LogP contribution in [0.3, 0.4) is 0 Å². The Balaban J connectivity index is 3.42. The lowest BCUT2D eigenvalue weighted by Gasteiger charge is -2.22. The molecule has 0 fully saturated rings. The van der Waals surface area contributed by atoms with Crippen LogP contribution in [0.5, 0.6) is 0 Å². The molecule has 0 amide bonds. The molecule has 0 rings (SSSR count). The highest BCUT2D eigenvalue weighted by Crippen LogP contribution is 2.25. The van der Waals surface area contributed by atoms with Gasteiger partial charge in [-0.05, 0) is 18.9 Å². The molecule has 0 saturated carbocycles. The summed E-state index contributed by atoms with van der Waals surface area (Å²) in [5.41, 5.74) is 0.502. The zero-order chi connectivity index (χ0) is 8.04. The summed E-state index contributed by atoms with van der Waals surface area (Å²) in [4.78, 5) is 0. The largest absolute Gasteiger partial charge is 0.267 e. The lowest BCUT2D eigenvalue weighted by Crippen LogP contribution is -2.16. The molecular formula is C8H19NS. The highest BCUT2D eigenvalue weighted by Gasteiger charge is 2.15. The molecule has 0 heterocycles. The van der Waals surface area contributed by atoms with Gasteiger partial charge in [0.05, 0.1) is 0 Å². The van der Waals surface area contributed by atoms with E-state index in [1.165, 1.54) is 18.6 Å². The molecule has 0 aromatic rings. The maximum Gasteiger partial charge on any atom is 0.0130 e. The minimum atomic E-state index is 0.502. The minimum absolute atomic E-state index is 0.502. The second-order valence-corrected chi connectivity index (χ2v) is 4.39. The van der Waals surface area contributed by atoms with Gasteiger partial charge in [-0.1, -0.05) is 39.1 Å². The standard InChI is InChI=1S/C8H19NS/c1-5-6-8(2,3)7-10-9-4/h9H,5-7H2,1-4H3. The van der Waals surface area contributed by atoms with Crippen LogP contribution in [0.15, 0.2) is 0 Å². The van der Waals surface area contributed by atoms with E-state index in [1.807, 2.05) is 7.05 Å². The van der Waals surface area contributed by atoms with Gasteiger partial charge in [-0.2, -0.15) is 0 Å². The van der Waals surface area contributed by atoms with E-state index in [0.717, 1.165) is 0 Å². The molecular weight excluding hydrogens is 142 g/mol. The monoisotopic (exact) mass is 161 g/mol. The maximum atomic E-state index is 3.10. The SMILES string of the molecule is CCCC(C)(C)CSNC. The second-order valence-electron chi connectivity index (χ2n) is 3.41. The molecule has 0 saturated heterocycles. The smallest absolute Gasteiger partial charge is 0.0130 e. The van der Waals surface area contributed by atoms with Gasteiger partial charge in [0.2, 0.25) is 0 Å². The molecule has 0 unspecified atom stereocenters. The van der Waals surface area contributed by atoms with Gasteiger partial charge < -0.3 is 0 Å². The summed E-state index contributed by atoms with van der Waals surface area (Å²) in [6.07, 6.45) is 2.61. The number of hydrogen-bond acceptors (Lipinski definition) is 2. The predicted octanol–water partition coefficient (Wildman–Crippen LogP) is 2.68. The molecule has 0 aliphatic rings. The van der Waals surface area contributed by atoms with Crippen LogP contribution in [0.1, 0.15) is 33.6 Å². The van der Waals surface area contributed by atoms with Gasteiger partial charge in [-0.15, -0.1) is 0 Å². The highest BCUT2D eigenvalue weighted by molar-refractivity contribution is 7.97. The van der Waals surface area contributed by atoms with Crippen molar-refractivity contribution < 1.29 is 0 Å². The van der Waals surface area contributed by atoms with Crippen molar-refractivity contribution in [3.8, 4) is 0 Å². The summed E-state index contributed by atoms with van der Waals surface area (Å²) < 4.78 is 3.10. The first-order valence-electron chi connectivity index (χ1n) is 3.91. The number of nitrogens with one attached hydrogen (secondary N) is 1. The van der Waals surface area contributed by atoms with Gasteiger partial charge in [0, 0.05) is 5.75 Å². The molecule has 62 valence electrons. The normalized spacial score (nSPS) is 12.0. The molecule has 1 N–H and O–H groups in total. The van der Waals surface area contributed by atoms with Crippen molar-refractivity contribution in [1.82, 2.24) is 4.72 Å². The molecule has 2 heteroatoms. The van der Waals surface area contributed by atoms with Gasteiger partial charge >= 0.3 is 0 Å². The maximum absolute atomic E-state index is 3.10. The van der Waals surface area contributed by atoms with Gasteiger partial charge in [0.15, 0.2) is 0 Å². The van der Waals surface area contributed by atoms with Gasteiger partial charge in [-0.25, -0.2) is 0 Å². The summed E-state index contributed by atoms with van der Waals surface area (Å²) in [7, 11) is 1.98. The van der Waals surface area contributed by atoms with Crippen LogP contribution in [0.2, 0.25) is 0 Å². The molecule has 0 aromatic heterocycles. The van der Waals surface area contributed by atoms with Gasteiger partial charge in [-0.3, -0.25) is 4.72 Å². The summed E-state index contributed by atoms with van der Waals surface area (Å²) in [5.74, 6) is 1.21. The van der Waals surface area contributed by atoms with Crippen LogP contribution in [0, 0.1) is 5.41 Å². The van der Waals surface area contributed by atoms with Crippen molar-refractivity contribution in [1.29, 1.82) is 0 Å². The van der Waals surface area contributed by atoms with Crippen molar-refractivity contribution in [2.75, 3.05) is 12.8 Å². The average Bonchev–Trinajstić information content (AvgIpc) is 1.84. The van der Waals surface area contributed by atoms with Crippen molar-refractivity contribution in [3.63, 3.8) is 0 Å². The van der Waals surface area contributed by atoms with Crippen LogP contribution >= 0.6 is 11.9 Å². The highest BCUT2D eigenvalue weighted by atomic mass is 32.2. The molecule has 0 atom stereocenters. The molecule has 1 nitrogen and oxygen atoms in total. The van der Waals surface area contributed by atoms with Crippen molar-refractivity contribution >= 4 is 11.9 Å². The van der Waals surface area contributed by atoms with E-state index >= 15 is 0 Å². The minimum Gasteiger partial charge on any atom is -0.267 e. The van der Waals surface area contributed by atoms with Crippen LogP contribution in [0.25, 0.3) is 0 Å². The van der Waals surface area contributed by atoms with E-state index < -0.39 is 0 Å². The molecule has 0 aliphatic carbocycles. The molecule has 0 radical (unpaired) electrons. The molecule has 0 aliphatic heterocycles. The van der Waals surface area contributed by atoms with Crippen molar-refractivity contribution in [2.45, 2.75) is 33.6 Å². The predicted molar refractivity (Wildman–Crippen MR) is 50.2 cm³/mol. The number of rotatable bonds is 5. The third kappa shape index (κ3) is 5.12. The van der Waals surface area contributed by atoms with Crippen LogP contribution in [0.4, 0.5) is 0 Å². The zero-order valence-corrected chi connectivity index (χ0v) is 8.35. The van der Waals surface area contributed by atoms with E-state index in [9.17, 15) is 0 Å². The van der Waals surface area contributed by atoms with Crippen molar-refractivity contribution in [3.05, 3.63) is 0 Å². The third-order valence-corrected chi connectivity index (χ3v) is 2.75. The van der Waals surface area contributed by atoms with Gasteiger partial charge in [0.1, 0.15) is 0 Å². The lowest BCUT2D eigenvalue weighted by molar-refractivity contribution is 0.382. The number of hydrogen-bond donors (Lipinski definition) is 1. The summed E-state index contributed by atoms with van der Waals surface area (Å²) in [6, 6.07) is 0. The van der Waals surface area contributed by atoms with Crippen LogP contribution in [-0.4, -0.2) is 12.8 Å². The first-order valence-corrected chi connectivity index (χ1v) is 4.89. The first kappa shape index (κ1) is 10.3. The van der Waals surface area contributed by atoms with Crippen molar-refractivity contribution in [2.24, 2.45) is 5.41 Å². The topological polar surface area (TPSA) is 12.0 Å². The summed E-state index contributed by atoms with van der Waals surface area (Å²) in [5, 5.41) is 0. The van der Waals surface area contributed by atoms with Gasteiger partial charge in [0.25, 0.3) is 0 Å². The third-order valence-electron chi connectivity index (χ3n) is 1.53. The Morgan fingerprint density at radius 2 is 2.00 bits per heavy atom. The van der Waals surface area contributed by atoms with E-state index in [2.05, 4.69) is 25.5 Å². The van der Waals surface area contributed by atoms with E-state index in [4.69, 9.17) is 0 Å². The zero-order valence-electron chi connectivity index (χ0n) is 7.53. The fraction of sp³-hybridized carbons (Fsp3) is 1.00. The lowest BCUT2D eigenvalue weighted by atomic mass is 9.91. The first-order chi connectivity index (χ1) is 4.62. The second kappa shape index (κ2) is 5.03. The van der Waals surface area contributed by atoms with E-state index in [-0.39, 0.29) is 0 Å². The fourth-order valence-corrected chi connectivity index (χ4v) is 1.70. The molecule has 0 bridgehead atoms. The summed E-state index contributed by atoms with van der Waals surface area (Å²) in [6.45, 7) is 6.88. The molecule has 0 aromatic carbocycles. The Hall–Kier alpha value is 0.310. The van der Waals surface area contributed by atoms with Crippen LogP contribution in [-0.2, 0) is 0 Å². The summed E-state index contributed by atoms with van der Waals surface area (Å²) >= 11 is 1.80. The van der Waals surface area contributed by atoms with Crippen LogP contribution < -0.4 is 4.72 Å². The Morgan fingerprint density at radius 1 is 1.40 bits per heavy atom. The Morgan fingerprint density at radius 3 is 2.40 bits per heavy atom. The van der Waals surface area contributed by atoms with E-state index in [0.29, 0.717) is 5.41 Å². The average molecular weight is 161 g/mol. The Kier molecular flexibility index (Phi) is 5.18. The quantitative estimate of drug-likeness (QED) is 0.622. The molecule has 10 heavy (non-hydrogen) atoms.